The van der Waals surface area contributed by atoms with Crippen LogP contribution in [-0.2, 0) is 10.1 Å². The van der Waals surface area contributed by atoms with E-state index < -0.39 is 21.9 Å². The zero-order valence-corrected chi connectivity index (χ0v) is 14.0. The van der Waals surface area contributed by atoms with Gasteiger partial charge in [-0.2, -0.15) is 8.42 Å². The molecule has 0 spiro atoms. The maximum Gasteiger partial charge on any atom is 0.295 e. The molecule has 2 amide bonds. The summed E-state index contributed by atoms with van der Waals surface area (Å²) in [5.74, 6) is -1.16. The van der Waals surface area contributed by atoms with Crippen molar-refractivity contribution >= 4 is 44.1 Å². The minimum Gasteiger partial charge on any atom is -0.399 e. The van der Waals surface area contributed by atoms with E-state index in [4.69, 9.17) is 5.73 Å². The standard InChI is InChI=1S/C18H12N2O5S/c19-10-4-6-11(7-5-10)20-17(21)13-3-1-2-12-15(26(23,24)25)9-8-14(16(12)13)18(20)22/h1-9H,19H2,(H,23,24,25). The Kier molecular flexibility index (Phi) is 3.36. The van der Waals surface area contributed by atoms with E-state index in [0.717, 1.165) is 11.0 Å². The molecular weight excluding hydrogens is 356 g/mol. The van der Waals surface area contributed by atoms with Gasteiger partial charge in [0.05, 0.1) is 5.69 Å². The van der Waals surface area contributed by atoms with E-state index in [0.29, 0.717) is 11.4 Å². The Hall–Kier alpha value is -3.23. The molecule has 1 aliphatic rings. The summed E-state index contributed by atoms with van der Waals surface area (Å²) in [5.41, 5.74) is 6.86. The van der Waals surface area contributed by atoms with Gasteiger partial charge in [-0.3, -0.25) is 14.1 Å². The van der Waals surface area contributed by atoms with Crippen molar-refractivity contribution in [3.63, 3.8) is 0 Å². The lowest BCUT2D eigenvalue weighted by molar-refractivity contribution is 0.0893. The lowest BCUT2D eigenvalue weighted by Gasteiger charge is -2.27. The van der Waals surface area contributed by atoms with Crippen molar-refractivity contribution in [3.05, 3.63) is 65.7 Å². The predicted molar refractivity (Wildman–Crippen MR) is 95.8 cm³/mol. The number of carbonyl (C=O) groups excluding carboxylic acids is 2. The normalized spacial score (nSPS) is 14.1. The second-order valence-electron chi connectivity index (χ2n) is 5.85. The van der Waals surface area contributed by atoms with Gasteiger partial charge in [0, 0.05) is 27.6 Å². The van der Waals surface area contributed by atoms with E-state index in [9.17, 15) is 22.6 Å². The van der Waals surface area contributed by atoms with E-state index in [1.807, 2.05) is 0 Å². The van der Waals surface area contributed by atoms with E-state index in [-0.39, 0.29) is 26.8 Å². The fourth-order valence-electron chi connectivity index (χ4n) is 3.15. The lowest BCUT2D eigenvalue weighted by Crippen LogP contribution is -2.40. The van der Waals surface area contributed by atoms with Crippen LogP contribution in [-0.4, -0.2) is 24.8 Å². The molecule has 7 nitrogen and oxygen atoms in total. The van der Waals surface area contributed by atoms with Gasteiger partial charge in [-0.1, -0.05) is 12.1 Å². The molecule has 0 saturated carbocycles. The zero-order chi connectivity index (χ0) is 18.6. The number of carbonyl (C=O) groups is 2. The van der Waals surface area contributed by atoms with Crippen LogP contribution >= 0.6 is 0 Å². The molecule has 0 aromatic heterocycles. The third-order valence-corrected chi connectivity index (χ3v) is 5.21. The van der Waals surface area contributed by atoms with Crippen molar-refractivity contribution in [3.8, 4) is 0 Å². The van der Waals surface area contributed by atoms with Gasteiger partial charge in [0.1, 0.15) is 4.90 Å². The highest BCUT2D eigenvalue weighted by atomic mass is 32.2. The molecule has 3 N–H and O–H groups in total. The molecule has 0 atom stereocenters. The van der Waals surface area contributed by atoms with Crippen LogP contribution in [0.3, 0.4) is 0 Å². The number of benzene rings is 3. The Bertz CT molecular complexity index is 1180. The van der Waals surface area contributed by atoms with Crippen LogP contribution in [0, 0.1) is 0 Å². The van der Waals surface area contributed by atoms with Gasteiger partial charge in [-0.25, -0.2) is 4.90 Å². The minimum absolute atomic E-state index is 0.126. The molecule has 0 bridgehead atoms. The summed E-state index contributed by atoms with van der Waals surface area (Å²) in [4.78, 5) is 26.5. The van der Waals surface area contributed by atoms with Gasteiger partial charge in [0.2, 0.25) is 0 Å². The van der Waals surface area contributed by atoms with Crippen LogP contribution in [0.15, 0.2) is 59.5 Å². The van der Waals surface area contributed by atoms with Crippen molar-refractivity contribution < 1.29 is 22.6 Å². The molecule has 26 heavy (non-hydrogen) atoms. The highest BCUT2D eigenvalue weighted by Gasteiger charge is 2.35. The second kappa shape index (κ2) is 5.38. The first-order chi connectivity index (χ1) is 12.3. The molecule has 0 fully saturated rings. The number of rotatable bonds is 2. The summed E-state index contributed by atoms with van der Waals surface area (Å²) in [7, 11) is -4.50. The van der Waals surface area contributed by atoms with Crippen LogP contribution in [0.5, 0.6) is 0 Å². The summed E-state index contributed by atoms with van der Waals surface area (Å²) < 4.78 is 32.7. The van der Waals surface area contributed by atoms with Crippen LogP contribution in [0.25, 0.3) is 10.8 Å². The molecule has 1 aliphatic heterocycles. The molecule has 130 valence electrons. The molecule has 8 heteroatoms. The summed E-state index contributed by atoms with van der Waals surface area (Å²) in [6, 6.07) is 13.2. The number of anilines is 2. The average molecular weight is 368 g/mol. The monoisotopic (exact) mass is 368 g/mol. The van der Waals surface area contributed by atoms with Gasteiger partial charge in [0.15, 0.2) is 0 Å². The maximum atomic E-state index is 12.9. The topological polar surface area (TPSA) is 118 Å². The Morgan fingerprint density at radius 3 is 2.08 bits per heavy atom. The first-order valence-corrected chi connectivity index (χ1v) is 9.00. The Balaban J connectivity index is 2.01. The van der Waals surface area contributed by atoms with E-state index >= 15 is 0 Å². The summed E-state index contributed by atoms with van der Waals surface area (Å²) in [6.07, 6.45) is 0. The highest BCUT2D eigenvalue weighted by molar-refractivity contribution is 7.86. The van der Waals surface area contributed by atoms with Gasteiger partial charge < -0.3 is 5.73 Å². The van der Waals surface area contributed by atoms with Gasteiger partial charge in [-0.15, -0.1) is 0 Å². The number of hydrogen-bond donors (Lipinski definition) is 2. The zero-order valence-electron chi connectivity index (χ0n) is 13.2. The number of nitrogens with zero attached hydrogens (tertiary/aromatic N) is 1. The van der Waals surface area contributed by atoms with E-state index in [1.54, 1.807) is 24.3 Å². The summed E-state index contributed by atoms with van der Waals surface area (Å²) in [6.45, 7) is 0. The minimum atomic E-state index is -4.50. The Labute approximate surface area is 148 Å². The molecule has 4 rings (SSSR count). The van der Waals surface area contributed by atoms with Gasteiger partial charge in [-0.05, 0) is 42.5 Å². The number of amides is 2. The molecule has 0 saturated heterocycles. The van der Waals surface area contributed by atoms with Crippen molar-refractivity contribution in [1.29, 1.82) is 0 Å². The smallest absolute Gasteiger partial charge is 0.295 e. The molecule has 0 unspecified atom stereocenters. The predicted octanol–water partition coefficient (Wildman–Crippen LogP) is 2.47. The van der Waals surface area contributed by atoms with Crippen molar-refractivity contribution in [2.45, 2.75) is 4.90 Å². The summed E-state index contributed by atoms with van der Waals surface area (Å²) in [5, 5.41) is 0.338. The van der Waals surface area contributed by atoms with Crippen LogP contribution in [0.1, 0.15) is 20.7 Å². The quantitative estimate of drug-likeness (QED) is 0.408. The van der Waals surface area contributed by atoms with Gasteiger partial charge in [0.25, 0.3) is 21.9 Å². The Morgan fingerprint density at radius 1 is 0.846 bits per heavy atom. The first-order valence-electron chi connectivity index (χ1n) is 7.56. The third kappa shape index (κ3) is 2.27. The summed E-state index contributed by atoms with van der Waals surface area (Å²) >= 11 is 0. The third-order valence-electron chi connectivity index (χ3n) is 4.30. The van der Waals surface area contributed by atoms with Crippen LogP contribution in [0.4, 0.5) is 11.4 Å². The van der Waals surface area contributed by atoms with Crippen LogP contribution < -0.4 is 10.6 Å². The Morgan fingerprint density at radius 2 is 1.46 bits per heavy atom. The number of imide groups is 1. The number of nitrogens with two attached hydrogens (primary N) is 1. The van der Waals surface area contributed by atoms with Gasteiger partial charge >= 0.3 is 0 Å². The lowest BCUT2D eigenvalue weighted by atomic mass is 9.93. The SMILES string of the molecule is Nc1ccc(N2C(=O)c3cccc4c(S(=O)(=O)O)ccc(c34)C2=O)cc1. The largest absolute Gasteiger partial charge is 0.399 e. The number of nitrogen functional groups attached to an aromatic ring is 1. The fourth-order valence-corrected chi connectivity index (χ4v) is 3.84. The van der Waals surface area contributed by atoms with E-state index in [1.165, 1.54) is 24.3 Å². The molecule has 0 aliphatic carbocycles. The molecular formula is C18H12N2O5S. The average Bonchev–Trinajstić information content (AvgIpc) is 2.60. The van der Waals surface area contributed by atoms with Crippen molar-refractivity contribution in [2.24, 2.45) is 0 Å². The highest BCUT2D eigenvalue weighted by Crippen LogP contribution is 2.35. The first kappa shape index (κ1) is 16.2. The number of hydrogen-bond acceptors (Lipinski definition) is 5. The molecule has 3 aromatic carbocycles. The van der Waals surface area contributed by atoms with E-state index in [2.05, 4.69) is 0 Å². The molecule has 1 heterocycles. The maximum absolute atomic E-state index is 12.9. The fraction of sp³-hybridized carbons (Fsp3) is 0. The molecule has 3 aromatic rings. The molecule has 0 radical (unpaired) electrons. The van der Waals surface area contributed by atoms with Crippen molar-refractivity contribution in [2.75, 3.05) is 10.6 Å². The van der Waals surface area contributed by atoms with Crippen LogP contribution in [0.2, 0.25) is 0 Å². The second-order valence-corrected chi connectivity index (χ2v) is 7.24. The van der Waals surface area contributed by atoms with Crippen molar-refractivity contribution in [1.82, 2.24) is 0 Å².